The van der Waals surface area contributed by atoms with Gasteiger partial charge in [0.25, 0.3) is 0 Å². The molecule has 6 nitrogen and oxygen atoms in total. The number of aliphatic hydroxyl groups excluding tert-OH is 1. The van der Waals surface area contributed by atoms with Gasteiger partial charge in [0.2, 0.25) is 0 Å². The first kappa shape index (κ1) is 16.6. The summed E-state index contributed by atoms with van der Waals surface area (Å²) in [5.41, 5.74) is 1.01. The standard InChI is InChI=1S/C20H19NO5/c22-17-11-21(10-16-8-13-4-1-2-7-18(13)26-16)12-19(17)25-15-6-3-5-14(9-15)20(23)24/h1-9,17,19,22H,10-12H2,(H,23,24)/t17-,19-/m1/s1. The van der Waals surface area contributed by atoms with Gasteiger partial charge in [0.05, 0.1) is 12.1 Å². The van der Waals surface area contributed by atoms with Gasteiger partial charge in [-0.15, -0.1) is 0 Å². The Bertz CT molecular complexity index is 902. The minimum Gasteiger partial charge on any atom is -0.486 e. The molecule has 0 amide bonds. The minimum atomic E-state index is -1.01. The van der Waals surface area contributed by atoms with E-state index in [0.717, 1.165) is 16.7 Å². The molecule has 2 aromatic carbocycles. The number of aromatic carboxylic acids is 1. The second-order valence-corrected chi connectivity index (χ2v) is 6.50. The number of fused-ring (bicyclic) bond motifs is 1. The zero-order valence-electron chi connectivity index (χ0n) is 14.0. The number of aliphatic hydroxyl groups is 1. The lowest BCUT2D eigenvalue weighted by Crippen LogP contribution is -2.30. The monoisotopic (exact) mass is 353 g/mol. The summed E-state index contributed by atoms with van der Waals surface area (Å²) in [5, 5.41) is 20.4. The number of ether oxygens (including phenoxy) is 1. The summed E-state index contributed by atoms with van der Waals surface area (Å²) < 4.78 is 11.7. The Kier molecular flexibility index (Phi) is 4.36. The number of carbonyl (C=O) groups is 1. The van der Waals surface area contributed by atoms with Crippen LogP contribution in [0.3, 0.4) is 0 Å². The van der Waals surface area contributed by atoms with Gasteiger partial charge in [0.1, 0.15) is 29.3 Å². The van der Waals surface area contributed by atoms with E-state index >= 15 is 0 Å². The molecular weight excluding hydrogens is 334 g/mol. The van der Waals surface area contributed by atoms with Crippen molar-refractivity contribution in [2.75, 3.05) is 13.1 Å². The van der Waals surface area contributed by atoms with Gasteiger partial charge in [-0.1, -0.05) is 24.3 Å². The molecule has 2 atom stereocenters. The van der Waals surface area contributed by atoms with Crippen LogP contribution in [-0.2, 0) is 6.54 Å². The van der Waals surface area contributed by atoms with Crippen molar-refractivity contribution in [1.29, 1.82) is 0 Å². The van der Waals surface area contributed by atoms with Gasteiger partial charge < -0.3 is 19.4 Å². The third kappa shape index (κ3) is 3.42. The molecule has 1 aromatic heterocycles. The molecule has 0 saturated carbocycles. The maximum Gasteiger partial charge on any atom is 0.335 e. The maximum atomic E-state index is 11.1. The summed E-state index contributed by atoms with van der Waals surface area (Å²) in [6.45, 7) is 1.59. The van der Waals surface area contributed by atoms with E-state index in [9.17, 15) is 9.90 Å². The summed E-state index contributed by atoms with van der Waals surface area (Å²) in [7, 11) is 0. The Morgan fingerprint density at radius 2 is 2.00 bits per heavy atom. The van der Waals surface area contributed by atoms with Crippen LogP contribution in [0.4, 0.5) is 0 Å². The van der Waals surface area contributed by atoms with E-state index in [-0.39, 0.29) is 5.56 Å². The second kappa shape index (κ2) is 6.82. The molecule has 0 bridgehead atoms. The van der Waals surface area contributed by atoms with Crippen LogP contribution in [0.25, 0.3) is 11.0 Å². The molecule has 3 aromatic rings. The van der Waals surface area contributed by atoms with Crippen molar-refractivity contribution in [3.63, 3.8) is 0 Å². The number of nitrogens with zero attached hydrogens (tertiary/aromatic N) is 1. The molecule has 2 N–H and O–H groups in total. The van der Waals surface area contributed by atoms with E-state index in [0.29, 0.717) is 25.4 Å². The quantitative estimate of drug-likeness (QED) is 0.734. The summed E-state index contributed by atoms with van der Waals surface area (Å²) in [6, 6.07) is 16.1. The maximum absolute atomic E-state index is 11.1. The van der Waals surface area contributed by atoms with E-state index in [1.165, 1.54) is 12.1 Å². The lowest BCUT2D eigenvalue weighted by Gasteiger charge is -2.17. The van der Waals surface area contributed by atoms with Crippen molar-refractivity contribution < 1.29 is 24.2 Å². The zero-order chi connectivity index (χ0) is 18.1. The van der Waals surface area contributed by atoms with Gasteiger partial charge in [0.15, 0.2) is 0 Å². The fraction of sp³-hybridized carbons (Fsp3) is 0.250. The molecular formula is C20H19NO5. The summed E-state index contributed by atoms with van der Waals surface area (Å²) in [5.74, 6) is 0.278. The predicted octanol–water partition coefficient (Wildman–Crippen LogP) is 2.76. The van der Waals surface area contributed by atoms with Gasteiger partial charge in [-0.2, -0.15) is 0 Å². The highest BCUT2D eigenvalue weighted by Crippen LogP contribution is 2.24. The molecule has 1 aliphatic rings. The van der Waals surface area contributed by atoms with Crippen molar-refractivity contribution in [1.82, 2.24) is 4.90 Å². The van der Waals surface area contributed by atoms with Gasteiger partial charge in [-0.3, -0.25) is 4.90 Å². The normalized spacial score (nSPS) is 20.5. The van der Waals surface area contributed by atoms with Crippen LogP contribution in [0.15, 0.2) is 59.0 Å². The SMILES string of the molecule is O=C(O)c1cccc(O[C@@H]2CN(Cc3cc4ccccc4o3)C[C@H]2O)c1. The average molecular weight is 353 g/mol. The Balaban J connectivity index is 1.42. The van der Waals surface area contributed by atoms with Gasteiger partial charge in [-0.05, 0) is 30.3 Å². The molecule has 0 unspecified atom stereocenters. The van der Waals surface area contributed by atoms with Crippen LogP contribution in [0.1, 0.15) is 16.1 Å². The topological polar surface area (TPSA) is 83.1 Å². The summed E-state index contributed by atoms with van der Waals surface area (Å²) >= 11 is 0. The average Bonchev–Trinajstić information content (AvgIpc) is 3.18. The molecule has 4 rings (SSSR count). The number of likely N-dealkylation sites (tertiary alicyclic amines) is 1. The number of benzene rings is 2. The molecule has 6 heteroatoms. The Morgan fingerprint density at radius 1 is 1.15 bits per heavy atom. The third-order valence-corrected chi connectivity index (χ3v) is 4.54. The van der Waals surface area contributed by atoms with Gasteiger partial charge >= 0.3 is 5.97 Å². The van der Waals surface area contributed by atoms with Crippen molar-refractivity contribution in [2.45, 2.75) is 18.8 Å². The number of carboxylic acid groups (broad SMARTS) is 1. The highest BCUT2D eigenvalue weighted by molar-refractivity contribution is 5.88. The van der Waals surface area contributed by atoms with Crippen LogP contribution in [-0.4, -0.2) is 46.4 Å². The van der Waals surface area contributed by atoms with E-state index < -0.39 is 18.2 Å². The minimum absolute atomic E-state index is 0.161. The molecule has 0 spiro atoms. The number of para-hydroxylation sites is 1. The molecule has 0 aliphatic carbocycles. The number of rotatable bonds is 5. The van der Waals surface area contributed by atoms with Crippen molar-refractivity contribution in [3.05, 3.63) is 65.9 Å². The summed E-state index contributed by atoms with van der Waals surface area (Å²) in [6.07, 6.45) is -1.06. The lowest BCUT2D eigenvalue weighted by atomic mass is 10.2. The molecule has 1 fully saturated rings. The van der Waals surface area contributed by atoms with E-state index in [1.54, 1.807) is 12.1 Å². The van der Waals surface area contributed by atoms with Crippen LogP contribution >= 0.6 is 0 Å². The second-order valence-electron chi connectivity index (χ2n) is 6.50. The van der Waals surface area contributed by atoms with Crippen LogP contribution in [0, 0.1) is 0 Å². The number of furan rings is 1. The first-order valence-corrected chi connectivity index (χ1v) is 8.46. The summed E-state index contributed by atoms with van der Waals surface area (Å²) in [4.78, 5) is 13.1. The number of β-amino-alcohol motifs (C(OH)–C–C–N with tert-alkyl or cyclic N) is 1. The van der Waals surface area contributed by atoms with Crippen molar-refractivity contribution in [3.8, 4) is 5.75 Å². The molecule has 134 valence electrons. The van der Waals surface area contributed by atoms with Crippen molar-refractivity contribution >= 4 is 16.9 Å². The fourth-order valence-electron chi connectivity index (χ4n) is 3.29. The lowest BCUT2D eigenvalue weighted by molar-refractivity contribution is 0.0688. The van der Waals surface area contributed by atoms with Crippen LogP contribution in [0.5, 0.6) is 5.75 Å². The van der Waals surface area contributed by atoms with Gasteiger partial charge in [0, 0.05) is 18.5 Å². The largest absolute Gasteiger partial charge is 0.486 e. The molecule has 2 heterocycles. The number of hydrogen-bond acceptors (Lipinski definition) is 5. The molecule has 26 heavy (non-hydrogen) atoms. The smallest absolute Gasteiger partial charge is 0.335 e. The highest BCUT2D eigenvalue weighted by Gasteiger charge is 2.33. The first-order valence-electron chi connectivity index (χ1n) is 8.46. The zero-order valence-corrected chi connectivity index (χ0v) is 14.0. The molecule has 0 radical (unpaired) electrons. The highest BCUT2D eigenvalue weighted by atomic mass is 16.5. The van der Waals surface area contributed by atoms with Crippen LogP contribution in [0.2, 0.25) is 0 Å². The molecule has 1 aliphatic heterocycles. The fourth-order valence-corrected chi connectivity index (χ4v) is 3.29. The van der Waals surface area contributed by atoms with E-state index in [2.05, 4.69) is 4.90 Å². The third-order valence-electron chi connectivity index (χ3n) is 4.54. The predicted molar refractivity (Wildman–Crippen MR) is 95.3 cm³/mol. The van der Waals surface area contributed by atoms with E-state index in [1.807, 2.05) is 30.3 Å². The van der Waals surface area contributed by atoms with Crippen LogP contribution < -0.4 is 4.74 Å². The Hall–Kier alpha value is -2.83. The Labute approximate surface area is 150 Å². The molecule has 1 saturated heterocycles. The number of carboxylic acids is 1. The number of hydrogen-bond donors (Lipinski definition) is 2. The van der Waals surface area contributed by atoms with Crippen molar-refractivity contribution in [2.24, 2.45) is 0 Å². The Morgan fingerprint density at radius 3 is 2.81 bits per heavy atom. The first-order chi connectivity index (χ1) is 12.6. The van der Waals surface area contributed by atoms with E-state index in [4.69, 9.17) is 14.3 Å². The van der Waals surface area contributed by atoms with Gasteiger partial charge in [-0.25, -0.2) is 4.79 Å².